The third-order valence-corrected chi connectivity index (χ3v) is 17.6. The predicted octanol–water partition coefficient (Wildman–Crippen LogP) is 2.27. The third-order valence-electron chi connectivity index (χ3n) is 17.6. The molecular weight excluding hydrogens is 712 g/mol. The van der Waals surface area contributed by atoms with E-state index in [1.807, 2.05) is 0 Å². The van der Waals surface area contributed by atoms with Crippen LogP contribution in [0.2, 0.25) is 0 Å². The van der Waals surface area contributed by atoms with Crippen LogP contribution in [0.25, 0.3) is 0 Å². The molecule has 0 aromatic rings. The molecule has 55 heavy (non-hydrogen) atoms. The number of hydrogen-bond donors (Lipinski definition) is 9. The molecule has 7 aliphatic rings. The zero-order valence-electron chi connectivity index (χ0n) is 33.9. The molecule has 6 fully saturated rings. The third kappa shape index (κ3) is 5.61. The minimum atomic E-state index is -2.35. The van der Waals surface area contributed by atoms with Crippen LogP contribution in [0.4, 0.5) is 0 Å². The van der Waals surface area contributed by atoms with Gasteiger partial charge in [-0.1, -0.05) is 60.1 Å². The second-order valence-electron chi connectivity index (χ2n) is 21.0. The molecule has 0 spiro atoms. The van der Waals surface area contributed by atoms with Crippen molar-refractivity contribution in [1.29, 1.82) is 0 Å². The summed E-state index contributed by atoms with van der Waals surface area (Å²) in [5, 5.41) is 99.3. The average molecular weight is 781 g/mol. The van der Waals surface area contributed by atoms with Gasteiger partial charge >= 0.3 is 5.97 Å². The van der Waals surface area contributed by atoms with E-state index >= 15 is 0 Å². The Hall–Kier alpha value is -1.23. The monoisotopic (exact) mass is 780 g/mol. The summed E-state index contributed by atoms with van der Waals surface area (Å²) < 4.78 is 19.1. The Kier molecular flexibility index (Phi) is 10.2. The molecule has 0 amide bonds. The summed E-state index contributed by atoms with van der Waals surface area (Å²) in [5.74, 6) is -3.23. The summed E-state index contributed by atoms with van der Waals surface area (Å²) in [7, 11) is 0. The lowest BCUT2D eigenvalue weighted by molar-refractivity contribution is -0.434. The van der Waals surface area contributed by atoms with Crippen LogP contribution in [0.5, 0.6) is 0 Å². The molecular formula is C42H68O13. The number of allylic oxidation sites excluding steroid dienone is 2. The Balaban J connectivity index is 1.24. The summed E-state index contributed by atoms with van der Waals surface area (Å²) in [6.07, 6.45) is -7.92. The zero-order valence-corrected chi connectivity index (χ0v) is 33.9. The zero-order chi connectivity index (χ0) is 40.6. The highest BCUT2D eigenvalue weighted by Crippen LogP contribution is 2.76. The van der Waals surface area contributed by atoms with Crippen molar-refractivity contribution in [3.05, 3.63) is 11.6 Å². The molecule has 0 radical (unpaired) electrons. The van der Waals surface area contributed by atoms with E-state index in [0.717, 1.165) is 32.1 Å². The molecule has 19 unspecified atom stereocenters. The number of aliphatic hydroxyl groups is 8. The van der Waals surface area contributed by atoms with Crippen molar-refractivity contribution >= 4 is 5.97 Å². The average Bonchev–Trinajstić information content (AvgIpc) is 3.10. The van der Waals surface area contributed by atoms with Crippen molar-refractivity contribution < 1.29 is 65.0 Å². The van der Waals surface area contributed by atoms with Crippen molar-refractivity contribution in [3.8, 4) is 0 Å². The van der Waals surface area contributed by atoms with E-state index in [2.05, 4.69) is 54.5 Å². The minimum absolute atomic E-state index is 0.0425. The SMILES string of the molecule is CC1OC(C2(OC3CCC4(C)C(CCC5(C)C4CC=C4C6CC(C)(C)CCC6(C(=O)O)C(O)CC45C)C3(C)C)OC(CO)C(O)C(O)C2O)C(O)C(O)C1O. The molecule has 4 saturated carbocycles. The van der Waals surface area contributed by atoms with E-state index in [0.29, 0.717) is 25.7 Å². The van der Waals surface area contributed by atoms with Gasteiger partial charge < -0.3 is 60.2 Å². The van der Waals surface area contributed by atoms with E-state index in [-0.39, 0.29) is 34.0 Å². The number of rotatable bonds is 5. The van der Waals surface area contributed by atoms with Gasteiger partial charge in [-0.2, -0.15) is 0 Å². The fourth-order valence-corrected chi connectivity index (χ4v) is 14.1. The van der Waals surface area contributed by atoms with Gasteiger partial charge in [0.05, 0.1) is 24.9 Å². The molecule has 314 valence electrons. The van der Waals surface area contributed by atoms with Crippen molar-refractivity contribution in [3.63, 3.8) is 0 Å². The Morgan fingerprint density at radius 2 is 1.49 bits per heavy atom. The number of hydrogen-bond acceptors (Lipinski definition) is 12. The van der Waals surface area contributed by atoms with E-state index < -0.39 is 102 Å². The Labute approximate surface area is 325 Å². The Bertz CT molecular complexity index is 1530. The predicted molar refractivity (Wildman–Crippen MR) is 198 cm³/mol. The minimum Gasteiger partial charge on any atom is -0.481 e. The normalized spacial score (nSPS) is 55.9. The standard InChI is InChI=1S/C42H68O13/c1-20-28(45)30(47)32(49)34(53-20)42(33(50)31(48)29(46)23(19-43)54-42)55-27-12-13-38(6)24(37(27,4)5)11-14-39(7)25(38)10-9-21-22-17-36(2,3)15-16-41(22,35(51)52)26(44)18-40(21,39)8/h9,20,22-34,43-50H,10-19H2,1-8H3,(H,51,52). The molecule has 0 aromatic carbocycles. The smallest absolute Gasteiger partial charge is 0.312 e. The van der Waals surface area contributed by atoms with Crippen LogP contribution in [0.3, 0.4) is 0 Å². The van der Waals surface area contributed by atoms with Crippen LogP contribution in [0.15, 0.2) is 11.6 Å². The first kappa shape index (κ1) is 41.9. The Morgan fingerprint density at radius 1 is 0.818 bits per heavy atom. The van der Waals surface area contributed by atoms with Crippen molar-refractivity contribution in [2.75, 3.05) is 6.61 Å². The van der Waals surface area contributed by atoms with Gasteiger partial charge in [-0.3, -0.25) is 4.79 Å². The van der Waals surface area contributed by atoms with Gasteiger partial charge in [0.15, 0.2) is 0 Å². The topological polar surface area (TPSA) is 227 Å². The molecule has 9 N–H and O–H groups in total. The number of ether oxygens (including phenoxy) is 3. The first-order valence-electron chi connectivity index (χ1n) is 20.7. The molecule has 7 rings (SSSR count). The van der Waals surface area contributed by atoms with Gasteiger partial charge in [0.2, 0.25) is 5.79 Å². The molecule has 13 nitrogen and oxygen atoms in total. The highest BCUT2D eigenvalue weighted by atomic mass is 16.8. The van der Waals surface area contributed by atoms with Crippen molar-refractivity contribution in [2.45, 2.75) is 186 Å². The molecule has 2 heterocycles. The van der Waals surface area contributed by atoms with E-state index in [9.17, 15) is 50.8 Å². The van der Waals surface area contributed by atoms with Gasteiger partial charge in [0, 0.05) is 0 Å². The molecule has 13 heteroatoms. The van der Waals surface area contributed by atoms with Crippen LogP contribution in [0.1, 0.15) is 113 Å². The van der Waals surface area contributed by atoms with Crippen LogP contribution >= 0.6 is 0 Å². The van der Waals surface area contributed by atoms with Crippen LogP contribution < -0.4 is 0 Å². The summed E-state index contributed by atoms with van der Waals surface area (Å²) in [6, 6.07) is 0. The van der Waals surface area contributed by atoms with Crippen LogP contribution in [0, 0.1) is 50.2 Å². The fraction of sp³-hybridized carbons (Fsp3) is 0.929. The van der Waals surface area contributed by atoms with Crippen molar-refractivity contribution in [1.82, 2.24) is 0 Å². The lowest BCUT2D eigenvalue weighted by atomic mass is 9.33. The molecule has 2 saturated heterocycles. The van der Waals surface area contributed by atoms with Crippen LogP contribution in [-0.2, 0) is 19.0 Å². The summed E-state index contributed by atoms with van der Waals surface area (Å²) >= 11 is 0. The maximum absolute atomic E-state index is 13.1. The number of aliphatic carboxylic acids is 1. The van der Waals surface area contributed by atoms with Gasteiger partial charge in [-0.25, -0.2) is 0 Å². The van der Waals surface area contributed by atoms with Crippen molar-refractivity contribution in [2.24, 2.45) is 50.2 Å². The number of aliphatic hydroxyl groups excluding tert-OH is 8. The van der Waals surface area contributed by atoms with E-state index in [4.69, 9.17) is 14.2 Å². The number of carbonyl (C=O) groups is 1. The molecule has 0 aromatic heterocycles. The maximum atomic E-state index is 13.1. The summed E-state index contributed by atoms with van der Waals surface area (Å²) in [4.78, 5) is 13.1. The Morgan fingerprint density at radius 3 is 2.13 bits per heavy atom. The van der Waals surface area contributed by atoms with Crippen LogP contribution in [-0.4, -0.2) is 131 Å². The van der Waals surface area contributed by atoms with Gasteiger partial charge in [-0.05, 0) is 110 Å². The molecule has 2 aliphatic heterocycles. The second-order valence-corrected chi connectivity index (χ2v) is 21.0. The lowest BCUT2D eigenvalue weighted by Crippen LogP contribution is -2.76. The lowest BCUT2D eigenvalue weighted by Gasteiger charge is -2.72. The summed E-state index contributed by atoms with van der Waals surface area (Å²) in [6.45, 7) is 16.4. The number of carboxylic acid groups (broad SMARTS) is 1. The molecule has 19 atom stereocenters. The first-order chi connectivity index (χ1) is 25.4. The second kappa shape index (κ2) is 13.4. The maximum Gasteiger partial charge on any atom is 0.312 e. The highest BCUT2D eigenvalue weighted by molar-refractivity contribution is 5.77. The van der Waals surface area contributed by atoms with Gasteiger partial charge in [-0.15, -0.1) is 0 Å². The molecule has 0 bridgehead atoms. The van der Waals surface area contributed by atoms with E-state index in [1.165, 1.54) is 12.5 Å². The quantitative estimate of drug-likeness (QED) is 0.144. The number of fused-ring (bicyclic) bond motifs is 7. The fourth-order valence-electron chi connectivity index (χ4n) is 14.1. The highest BCUT2D eigenvalue weighted by Gasteiger charge is 2.72. The van der Waals surface area contributed by atoms with Gasteiger partial charge in [0.25, 0.3) is 0 Å². The first-order valence-corrected chi connectivity index (χ1v) is 20.7. The molecule has 5 aliphatic carbocycles. The van der Waals surface area contributed by atoms with Gasteiger partial charge in [0.1, 0.15) is 54.2 Å². The number of carboxylic acids is 1. The largest absolute Gasteiger partial charge is 0.481 e. The van der Waals surface area contributed by atoms with E-state index in [1.54, 1.807) is 0 Å². The summed E-state index contributed by atoms with van der Waals surface area (Å²) in [5.41, 5.74) is -1.52.